The van der Waals surface area contributed by atoms with Crippen LogP contribution in [0, 0.1) is 20.8 Å². The molecular formula is C10H13BrO2. The van der Waals surface area contributed by atoms with Gasteiger partial charge in [0.2, 0.25) is 0 Å². The van der Waals surface area contributed by atoms with E-state index in [4.69, 9.17) is 5.11 Å². The fourth-order valence-corrected chi connectivity index (χ4v) is 1.89. The van der Waals surface area contributed by atoms with E-state index < -0.39 is 0 Å². The van der Waals surface area contributed by atoms with Crippen LogP contribution in [-0.2, 0) is 6.61 Å². The van der Waals surface area contributed by atoms with Gasteiger partial charge in [-0.1, -0.05) is 15.9 Å². The highest BCUT2D eigenvalue weighted by atomic mass is 79.9. The van der Waals surface area contributed by atoms with Crippen LogP contribution in [0.4, 0.5) is 0 Å². The number of aromatic hydroxyl groups is 1. The Morgan fingerprint density at radius 3 is 2.08 bits per heavy atom. The van der Waals surface area contributed by atoms with Crippen LogP contribution in [0.3, 0.4) is 0 Å². The van der Waals surface area contributed by atoms with Gasteiger partial charge in [0, 0.05) is 10.0 Å². The van der Waals surface area contributed by atoms with Crippen molar-refractivity contribution < 1.29 is 10.2 Å². The van der Waals surface area contributed by atoms with E-state index in [-0.39, 0.29) is 12.4 Å². The summed E-state index contributed by atoms with van der Waals surface area (Å²) in [6.45, 7) is 5.53. The van der Waals surface area contributed by atoms with Gasteiger partial charge in [-0.15, -0.1) is 0 Å². The van der Waals surface area contributed by atoms with Gasteiger partial charge < -0.3 is 10.2 Å². The fraction of sp³-hybridized carbons (Fsp3) is 0.400. The molecule has 0 spiro atoms. The molecule has 2 nitrogen and oxygen atoms in total. The molecule has 1 aromatic rings. The second-order valence-corrected chi connectivity index (χ2v) is 3.97. The van der Waals surface area contributed by atoms with Gasteiger partial charge in [-0.2, -0.15) is 0 Å². The number of rotatable bonds is 1. The van der Waals surface area contributed by atoms with E-state index in [0.717, 1.165) is 21.2 Å². The average molecular weight is 245 g/mol. The van der Waals surface area contributed by atoms with Gasteiger partial charge in [0.15, 0.2) is 0 Å². The Kier molecular flexibility index (Phi) is 2.98. The molecular weight excluding hydrogens is 232 g/mol. The second kappa shape index (κ2) is 3.68. The highest BCUT2D eigenvalue weighted by Crippen LogP contribution is 2.34. The van der Waals surface area contributed by atoms with Crippen molar-refractivity contribution in [1.29, 1.82) is 0 Å². The molecule has 0 aliphatic carbocycles. The lowest BCUT2D eigenvalue weighted by atomic mass is 9.99. The molecule has 0 heterocycles. The second-order valence-electron chi connectivity index (χ2n) is 3.17. The SMILES string of the molecule is Cc1c(C)c(Br)c(C)c(CO)c1O. The molecule has 0 saturated carbocycles. The van der Waals surface area contributed by atoms with Crippen LogP contribution >= 0.6 is 15.9 Å². The Morgan fingerprint density at radius 2 is 1.62 bits per heavy atom. The summed E-state index contributed by atoms with van der Waals surface area (Å²) >= 11 is 3.43. The maximum atomic E-state index is 9.70. The summed E-state index contributed by atoms with van der Waals surface area (Å²) in [6, 6.07) is 0. The number of halogens is 1. The van der Waals surface area contributed by atoms with E-state index in [0.29, 0.717) is 5.56 Å². The minimum absolute atomic E-state index is 0.128. The largest absolute Gasteiger partial charge is 0.507 e. The zero-order chi connectivity index (χ0) is 10.2. The molecule has 0 radical (unpaired) electrons. The maximum Gasteiger partial charge on any atom is 0.124 e. The number of hydrogen-bond donors (Lipinski definition) is 2. The molecule has 2 N–H and O–H groups in total. The predicted octanol–water partition coefficient (Wildman–Crippen LogP) is 2.57. The number of hydrogen-bond acceptors (Lipinski definition) is 2. The molecule has 1 rings (SSSR count). The summed E-state index contributed by atoms with van der Waals surface area (Å²) in [5, 5.41) is 18.8. The molecule has 0 aliphatic heterocycles. The Hall–Kier alpha value is -0.540. The molecule has 3 heteroatoms. The minimum atomic E-state index is -0.128. The van der Waals surface area contributed by atoms with E-state index in [2.05, 4.69) is 15.9 Å². The number of phenols is 1. The van der Waals surface area contributed by atoms with Crippen molar-refractivity contribution in [3.8, 4) is 5.75 Å². The van der Waals surface area contributed by atoms with Gasteiger partial charge in [-0.3, -0.25) is 0 Å². The molecule has 0 fully saturated rings. The standard InChI is InChI=1S/C10H13BrO2/c1-5-6(2)10(13)8(4-12)7(3)9(5)11/h12-13H,4H2,1-3H3. The van der Waals surface area contributed by atoms with Gasteiger partial charge in [-0.25, -0.2) is 0 Å². The highest BCUT2D eigenvalue weighted by molar-refractivity contribution is 9.10. The molecule has 1 aromatic carbocycles. The number of benzene rings is 1. The molecule has 0 bridgehead atoms. The number of aliphatic hydroxyl groups excluding tert-OH is 1. The van der Waals surface area contributed by atoms with Crippen LogP contribution < -0.4 is 0 Å². The van der Waals surface area contributed by atoms with Gasteiger partial charge >= 0.3 is 0 Å². The molecule has 0 atom stereocenters. The van der Waals surface area contributed by atoms with Gasteiger partial charge in [0.1, 0.15) is 5.75 Å². The summed E-state index contributed by atoms with van der Waals surface area (Å²) in [7, 11) is 0. The van der Waals surface area contributed by atoms with Crippen LogP contribution in [-0.4, -0.2) is 10.2 Å². The molecule has 0 amide bonds. The first-order chi connectivity index (χ1) is 6.00. The lowest BCUT2D eigenvalue weighted by molar-refractivity contribution is 0.274. The van der Waals surface area contributed by atoms with Crippen LogP contribution in [0.1, 0.15) is 22.3 Å². The van der Waals surface area contributed by atoms with Crippen LogP contribution in [0.15, 0.2) is 4.47 Å². The Labute approximate surface area is 86.3 Å². The average Bonchev–Trinajstić information content (AvgIpc) is 2.13. The summed E-state index contributed by atoms with van der Waals surface area (Å²) < 4.78 is 0.965. The third-order valence-electron chi connectivity index (χ3n) is 2.47. The summed E-state index contributed by atoms with van der Waals surface area (Å²) in [5.74, 6) is 0.209. The number of aliphatic hydroxyl groups is 1. The van der Waals surface area contributed by atoms with E-state index in [1.54, 1.807) is 0 Å². The van der Waals surface area contributed by atoms with Crippen molar-refractivity contribution in [1.82, 2.24) is 0 Å². The summed E-state index contributed by atoms with van der Waals surface area (Å²) in [5.41, 5.74) is 3.35. The molecule has 0 saturated heterocycles. The Balaban J connectivity index is 3.56. The van der Waals surface area contributed by atoms with E-state index in [1.807, 2.05) is 20.8 Å². The zero-order valence-electron chi connectivity index (χ0n) is 7.98. The predicted molar refractivity (Wildman–Crippen MR) is 55.9 cm³/mol. The van der Waals surface area contributed by atoms with Crippen molar-refractivity contribution in [2.45, 2.75) is 27.4 Å². The topological polar surface area (TPSA) is 40.5 Å². The first-order valence-corrected chi connectivity index (χ1v) is 4.88. The Bertz CT molecular complexity index is 316. The van der Waals surface area contributed by atoms with Gasteiger partial charge in [0.05, 0.1) is 6.61 Å². The first kappa shape index (κ1) is 10.5. The highest BCUT2D eigenvalue weighted by Gasteiger charge is 2.13. The van der Waals surface area contributed by atoms with Crippen molar-refractivity contribution in [3.05, 3.63) is 26.7 Å². The lowest BCUT2D eigenvalue weighted by Crippen LogP contribution is -1.96. The van der Waals surface area contributed by atoms with E-state index in [9.17, 15) is 5.11 Å². The van der Waals surface area contributed by atoms with Gasteiger partial charge in [0.25, 0.3) is 0 Å². The van der Waals surface area contributed by atoms with Crippen molar-refractivity contribution in [3.63, 3.8) is 0 Å². The molecule has 0 aliphatic rings. The Morgan fingerprint density at radius 1 is 1.08 bits per heavy atom. The molecule has 13 heavy (non-hydrogen) atoms. The van der Waals surface area contributed by atoms with Crippen LogP contribution in [0.25, 0.3) is 0 Å². The third kappa shape index (κ3) is 1.58. The van der Waals surface area contributed by atoms with E-state index >= 15 is 0 Å². The zero-order valence-corrected chi connectivity index (χ0v) is 9.57. The first-order valence-electron chi connectivity index (χ1n) is 4.08. The van der Waals surface area contributed by atoms with Crippen molar-refractivity contribution in [2.24, 2.45) is 0 Å². The van der Waals surface area contributed by atoms with Crippen LogP contribution in [0.5, 0.6) is 5.75 Å². The lowest BCUT2D eigenvalue weighted by Gasteiger charge is -2.14. The summed E-state index contributed by atoms with van der Waals surface area (Å²) in [6.07, 6.45) is 0. The monoisotopic (exact) mass is 244 g/mol. The van der Waals surface area contributed by atoms with E-state index in [1.165, 1.54) is 0 Å². The maximum absolute atomic E-state index is 9.70. The molecule has 0 aromatic heterocycles. The molecule has 0 unspecified atom stereocenters. The minimum Gasteiger partial charge on any atom is -0.507 e. The normalized spacial score (nSPS) is 10.5. The quantitative estimate of drug-likeness (QED) is 0.798. The molecule has 72 valence electrons. The smallest absolute Gasteiger partial charge is 0.124 e. The fourth-order valence-electron chi connectivity index (χ4n) is 1.35. The van der Waals surface area contributed by atoms with Gasteiger partial charge in [-0.05, 0) is 37.5 Å². The summed E-state index contributed by atoms with van der Waals surface area (Å²) in [4.78, 5) is 0. The van der Waals surface area contributed by atoms with Crippen LogP contribution in [0.2, 0.25) is 0 Å². The third-order valence-corrected chi connectivity index (χ3v) is 3.66. The van der Waals surface area contributed by atoms with Crippen molar-refractivity contribution >= 4 is 15.9 Å². The van der Waals surface area contributed by atoms with Crippen molar-refractivity contribution in [2.75, 3.05) is 0 Å².